The summed E-state index contributed by atoms with van der Waals surface area (Å²) in [5, 5.41) is 12.5. The fraction of sp³-hybridized carbons (Fsp3) is 0.0909. The van der Waals surface area contributed by atoms with Crippen LogP contribution in [0.3, 0.4) is 0 Å². The topological polar surface area (TPSA) is 46.0 Å². The molecule has 0 radical (unpaired) electrons. The smallest absolute Gasteiger partial charge is 0.147 e. The van der Waals surface area contributed by atoms with Gasteiger partial charge in [0.15, 0.2) is 0 Å². The van der Waals surface area contributed by atoms with Crippen LogP contribution in [0.4, 0.5) is 8.78 Å². The van der Waals surface area contributed by atoms with Gasteiger partial charge in [-0.1, -0.05) is 41.4 Å². The molecule has 0 bridgehead atoms. The summed E-state index contributed by atoms with van der Waals surface area (Å²) in [4.78, 5) is 8.14. The second-order valence-electron chi connectivity index (χ2n) is 6.62. The largest absolute Gasteiger partial charge is 0.505 e. The van der Waals surface area contributed by atoms with Crippen LogP contribution in [0.25, 0.3) is 10.9 Å². The normalized spacial score (nSPS) is 12.3. The summed E-state index contributed by atoms with van der Waals surface area (Å²) in [6.45, 7) is 0. The van der Waals surface area contributed by atoms with Gasteiger partial charge in [0.1, 0.15) is 22.9 Å². The van der Waals surface area contributed by atoms with E-state index >= 15 is 0 Å². The minimum atomic E-state index is -0.762. The van der Waals surface area contributed by atoms with Gasteiger partial charge in [-0.05, 0) is 29.8 Å². The number of benzene rings is 2. The highest BCUT2D eigenvalue weighted by Crippen LogP contribution is 2.39. The molecule has 7 heteroatoms. The van der Waals surface area contributed by atoms with Crippen LogP contribution in [0.1, 0.15) is 22.7 Å². The Bertz CT molecular complexity index is 1200. The van der Waals surface area contributed by atoms with Crippen molar-refractivity contribution in [1.82, 2.24) is 9.97 Å². The zero-order chi connectivity index (χ0) is 20.5. The fourth-order valence-corrected chi connectivity index (χ4v) is 3.94. The molecule has 2 aromatic heterocycles. The van der Waals surface area contributed by atoms with Crippen LogP contribution in [0.5, 0.6) is 5.75 Å². The van der Waals surface area contributed by atoms with Gasteiger partial charge in [-0.3, -0.25) is 9.97 Å². The van der Waals surface area contributed by atoms with Gasteiger partial charge in [-0.25, -0.2) is 8.78 Å². The van der Waals surface area contributed by atoms with E-state index in [4.69, 9.17) is 23.2 Å². The number of phenolic OH excluding ortho intramolecular Hbond substituents is 1. The molecule has 1 unspecified atom stereocenters. The SMILES string of the molecule is Oc1c(C(Cc2ncc(F)cc2F)c2cc(Cl)cc(Cl)c2)ccc2cccnc12. The molecule has 0 aliphatic carbocycles. The van der Waals surface area contributed by atoms with E-state index in [0.717, 1.165) is 17.6 Å². The van der Waals surface area contributed by atoms with Crippen LogP contribution in [-0.2, 0) is 6.42 Å². The van der Waals surface area contributed by atoms with E-state index in [1.165, 1.54) is 0 Å². The van der Waals surface area contributed by atoms with E-state index in [1.807, 2.05) is 12.1 Å². The van der Waals surface area contributed by atoms with Crippen molar-refractivity contribution in [3.8, 4) is 5.75 Å². The molecule has 4 rings (SSSR count). The number of phenols is 1. The van der Waals surface area contributed by atoms with Crippen molar-refractivity contribution in [3.05, 3.63) is 99.4 Å². The minimum absolute atomic E-state index is 0.0216. The van der Waals surface area contributed by atoms with Crippen molar-refractivity contribution < 1.29 is 13.9 Å². The predicted molar refractivity (Wildman–Crippen MR) is 110 cm³/mol. The molecule has 2 aromatic carbocycles. The molecule has 1 atom stereocenters. The summed E-state index contributed by atoms with van der Waals surface area (Å²) in [7, 11) is 0. The zero-order valence-electron chi connectivity index (χ0n) is 14.9. The van der Waals surface area contributed by atoms with E-state index in [2.05, 4.69) is 9.97 Å². The molecule has 3 nitrogen and oxygen atoms in total. The first-order chi connectivity index (χ1) is 13.9. The predicted octanol–water partition coefficient (Wildman–Crippen LogP) is 6.30. The second-order valence-corrected chi connectivity index (χ2v) is 7.49. The summed E-state index contributed by atoms with van der Waals surface area (Å²) in [5.74, 6) is -2.08. The van der Waals surface area contributed by atoms with Gasteiger partial charge in [0.05, 0.1) is 11.9 Å². The summed E-state index contributed by atoms with van der Waals surface area (Å²) in [6.07, 6.45) is 2.61. The van der Waals surface area contributed by atoms with Gasteiger partial charge in [-0.15, -0.1) is 0 Å². The van der Waals surface area contributed by atoms with E-state index in [1.54, 1.807) is 36.5 Å². The molecular formula is C22H14Cl2F2N2O. The Morgan fingerprint density at radius 2 is 1.72 bits per heavy atom. The van der Waals surface area contributed by atoms with Crippen LogP contribution < -0.4 is 0 Å². The molecule has 4 aromatic rings. The fourth-order valence-electron chi connectivity index (χ4n) is 3.40. The number of aromatic nitrogens is 2. The molecule has 0 aliphatic rings. The lowest BCUT2D eigenvalue weighted by molar-refractivity contribution is 0.468. The molecule has 0 saturated heterocycles. The van der Waals surface area contributed by atoms with Gasteiger partial charge in [-0.2, -0.15) is 0 Å². The van der Waals surface area contributed by atoms with E-state index in [0.29, 0.717) is 26.7 Å². The third-order valence-electron chi connectivity index (χ3n) is 4.72. The first-order valence-corrected chi connectivity index (χ1v) is 9.50. The van der Waals surface area contributed by atoms with Crippen LogP contribution in [0.2, 0.25) is 10.0 Å². The van der Waals surface area contributed by atoms with Crippen LogP contribution in [-0.4, -0.2) is 15.1 Å². The maximum Gasteiger partial charge on any atom is 0.147 e. The van der Waals surface area contributed by atoms with Crippen LogP contribution >= 0.6 is 23.2 Å². The molecule has 1 N–H and O–H groups in total. The van der Waals surface area contributed by atoms with Crippen LogP contribution in [0, 0.1) is 11.6 Å². The average Bonchev–Trinajstić information content (AvgIpc) is 2.68. The first-order valence-electron chi connectivity index (χ1n) is 8.75. The third-order valence-corrected chi connectivity index (χ3v) is 5.16. The van der Waals surface area contributed by atoms with Gasteiger partial charge >= 0.3 is 0 Å². The van der Waals surface area contributed by atoms with Crippen molar-refractivity contribution in [1.29, 1.82) is 0 Å². The third kappa shape index (κ3) is 4.02. The lowest BCUT2D eigenvalue weighted by Gasteiger charge is -2.20. The van der Waals surface area contributed by atoms with Crippen LogP contribution in [0.15, 0.2) is 60.9 Å². The molecule has 0 saturated carbocycles. The summed E-state index contributed by atoms with van der Waals surface area (Å²) in [6, 6.07) is 12.9. The molecule has 146 valence electrons. The Morgan fingerprint density at radius 3 is 2.45 bits per heavy atom. The first kappa shape index (κ1) is 19.6. The Hall–Kier alpha value is -2.76. The maximum absolute atomic E-state index is 14.3. The maximum atomic E-state index is 14.3. The quantitative estimate of drug-likeness (QED) is 0.413. The number of fused-ring (bicyclic) bond motifs is 1. The highest BCUT2D eigenvalue weighted by Gasteiger charge is 2.23. The summed E-state index contributed by atoms with van der Waals surface area (Å²) < 4.78 is 27.6. The van der Waals surface area contributed by atoms with Crippen molar-refractivity contribution in [2.75, 3.05) is 0 Å². The monoisotopic (exact) mass is 430 g/mol. The molecular weight excluding hydrogens is 417 g/mol. The average molecular weight is 431 g/mol. The zero-order valence-corrected chi connectivity index (χ0v) is 16.4. The lowest BCUT2D eigenvalue weighted by atomic mass is 9.86. The molecule has 0 aliphatic heterocycles. The molecule has 2 heterocycles. The van der Waals surface area contributed by atoms with Crippen molar-refractivity contribution >= 4 is 34.1 Å². The number of halogens is 4. The Balaban J connectivity index is 1.89. The molecule has 0 spiro atoms. The number of hydrogen-bond donors (Lipinski definition) is 1. The Labute approximate surface area is 175 Å². The van der Waals surface area contributed by atoms with Gasteiger partial charge < -0.3 is 5.11 Å². The number of hydrogen-bond acceptors (Lipinski definition) is 3. The number of aromatic hydroxyl groups is 1. The second kappa shape index (κ2) is 7.93. The molecule has 0 amide bonds. The number of nitrogens with zero attached hydrogens (tertiary/aromatic N) is 2. The van der Waals surface area contributed by atoms with E-state index < -0.39 is 17.6 Å². The van der Waals surface area contributed by atoms with E-state index in [-0.39, 0.29) is 17.9 Å². The number of rotatable bonds is 4. The van der Waals surface area contributed by atoms with Gasteiger partial charge in [0, 0.05) is 45.6 Å². The molecule has 0 fully saturated rings. The minimum Gasteiger partial charge on any atom is -0.505 e. The van der Waals surface area contributed by atoms with Crippen molar-refractivity contribution in [2.45, 2.75) is 12.3 Å². The van der Waals surface area contributed by atoms with E-state index in [9.17, 15) is 13.9 Å². The van der Waals surface area contributed by atoms with Gasteiger partial charge in [0.25, 0.3) is 0 Å². The standard InChI is InChI=1S/C22H14Cl2F2N2O/c23-14-6-13(7-15(24)8-14)18(10-20-19(26)9-16(25)11-28-20)17-4-3-12-2-1-5-27-21(12)22(17)29/h1-9,11,18,29H,10H2. The van der Waals surface area contributed by atoms with Crippen molar-refractivity contribution in [2.24, 2.45) is 0 Å². The summed E-state index contributed by atoms with van der Waals surface area (Å²) >= 11 is 12.3. The summed E-state index contributed by atoms with van der Waals surface area (Å²) in [5.41, 5.74) is 1.67. The Kier molecular flexibility index (Phi) is 5.35. The lowest BCUT2D eigenvalue weighted by Crippen LogP contribution is -2.09. The highest BCUT2D eigenvalue weighted by atomic mass is 35.5. The Morgan fingerprint density at radius 1 is 0.966 bits per heavy atom. The van der Waals surface area contributed by atoms with Gasteiger partial charge in [0.2, 0.25) is 0 Å². The molecule has 29 heavy (non-hydrogen) atoms. The highest BCUT2D eigenvalue weighted by molar-refractivity contribution is 6.34. The number of pyridine rings is 2. The van der Waals surface area contributed by atoms with Crippen molar-refractivity contribution in [3.63, 3.8) is 0 Å².